The Kier molecular flexibility index (Phi) is 6.13. The van der Waals surface area contributed by atoms with Crippen LogP contribution in [0.5, 0.6) is 5.75 Å². The molecule has 0 bridgehead atoms. The van der Waals surface area contributed by atoms with Gasteiger partial charge in [0, 0.05) is 38.3 Å². The minimum atomic E-state index is -5.71. The molecule has 1 amide bonds. The van der Waals surface area contributed by atoms with Crippen molar-refractivity contribution in [2.45, 2.75) is 37.8 Å². The van der Waals surface area contributed by atoms with Crippen LogP contribution in [-0.4, -0.2) is 67.6 Å². The summed E-state index contributed by atoms with van der Waals surface area (Å²) < 4.78 is 84.6. The highest BCUT2D eigenvalue weighted by Gasteiger charge is 2.60. The van der Waals surface area contributed by atoms with E-state index in [0.29, 0.717) is 19.4 Å². The number of para-hydroxylation sites is 1. The van der Waals surface area contributed by atoms with Gasteiger partial charge in [-0.15, -0.1) is 0 Å². The van der Waals surface area contributed by atoms with Crippen molar-refractivity contribution in [1.82, 2.24) is 9.80 Å². The number of carbonyl (C=O) groups is 1. The molecule has 0 atom stereocenters. The first-order valence-electron chi connectivity index (χ1n) is 9.37. The smallest absolute Gasteiger partial charge is 0.434 e. The molecule has 2 fully saturated rings. The molecular formula is C19H22F6N2O3. The molecule has 11 heteroatoms. The molecule has 2 aliphatic rings. The molecule has 0 aliphatic carbocycles. The number of alkyl halides is 6. The van der Waals surface area contributed by atoms with Gasteiger partial charge in [-0.2, -0.15) is 26.3 Å². The van der Waals surface area contributed by atoms with Crippen molar-refractivity contribution in [3.63, 3.8) is 0 Å². The fraction of sp³-hybridized carbons (Fsp3) is 0.632. The third-order valence-electron chi connectivity index (χ3n) is 5.60. The van der Waals surface area contributed by atoms with Gasteiger partial charge in [-0.1, -0.05) is 18.2 Å². The number of hydrogen-bond donors (Lipinski definition) is 0. The summed E-state index contributed by atoms with van der Waals surface area (Å²) >= 11 is 0. The second kappa shape index (κ2) is 8.16. The van der Waals surface area contributed by atoms with E-state index in [1.807, 2.05) is 24.3 Å². The van der Waals surface area contributed by atoms with Gasteiger partial charge < -0.3 is 14.4 Å². The molecule has 0 unspecified atom stereocenters. The number of hydrogen-bond acceptors (Lipinski definition) is 4. The normalized spacial score (nSPS) is 19.7. The van der Waals surface area contributed by atoms with E-state index in [1.54, 1.807) is 7.11 Å². The van der Waals surface area contributed by atoms with Crippen molar-refractivity contribution in [2.75, 3.05) is 33.3 Å². The maximum Gasteiger partial charge on any atom is 0.434 e. The lowest BCUT2D eigenvalue weighted by atomic mass is 9.72. The number of rotatable bonds is 4. The van der Waals surface area contributed by atoms with Crippen LogP contribution in [0.25, 0.3) is 0 Å². The second-order valence-electron chi connectivity index (χ2n) is 7.79. The van der Waals surface area contributed by atoms with Crippen molar-refractivity contribution in [3.05, 3.63) is 29.8 Å². The van der Waals surface area contributed by atoms with Gasteiger partial charge in [0.2, 0.25) is 0 Å². The van der Waals surface area contributed by atoms with E-state index < -0.39 is 24.5 Å². The Bertz CT molecular complexity index is 737. The summed E-state index contributed by atoms with van der Waals surface area (Å²) in [5.74, 6) is 0.778. The summed E-state index contributed by atoms with van der Waals surface area (Å²) in [6, 6.07) is 7.60. The van der Waals surface area contributed by atoms with Crippen LogP contribution in [-0.2, 0) is 11.3 Å². The van der Waals surface area contributed by atoms with Gasteiger partial charge >= 0.3 is 18.4 Å². The molecule has 0 N–H and O–H groups in total. The molecule has 1 spiro atoms. The minimum Gasteiger partial charge on any atom is -0.496 e. The molecule has 0 saturated carbocycles. The molecule has 168 valence electrons. The Morgan fingerprint density at radius 2 is 1.63 bits per heavy atom. The third kappa shape index (κ3) is 4.93. The van der Waals surface area contributed by atoms with Crippen LogP contribution in [0.3, 0.4) is 0 Å². The van der Waals surface area contributed by atoms with Crippen molar-refractivity contribution in [3.8, 4) is 5.75 Å². The molecule has 30 heavy (non-hydrogen) atoms. The third-order valence-corrected chi connectivity index (χ3v) is 5.60. The number of likely N-dealkylation sites (tertiary alicyclic amines) is 2. The topological polar surface area (TPSA) is 42.0 Å². The highest BCUT2D eigenvalue weighted by molar-refractivity contribution is 5.68. The Labute approximate surface area is 169 Å². The molecule has 2 aliphatic heterocycles. The van der Waals surface area contributed by atoms with Crippen molar-refractivity contribution >= 4 is 6.09 Å². The lowest BCUT2D eigenvalue weighted by Crippen LogP contribution is -2.60. The van der Waals surface area contributed by atoms with Crippen molar-refractivity contribution in [2.24, 2.45) is 5.41 Å². The van der Waals surface area contributed by atoms with Crippen LogP contribution in [0.15, 0.2) is 24.3 Å². The van der Waals surface area contributed by atoms with Crippen molar-refractivity contribution < 1.29 is 40.6 Å². The number of nitrogens with zero attached hydrogens (tertiary/aromatic N) is 2. The van der Waals surface area contributed by atoms with Crippen LogP contribution >= 0.6 is 0 Å². The highest BCUT2D eigenvalue weighted by atomic mass is 19.4. The van der Waals surface area contributed by atoms with Crippen LogP contribution in [0.2, 0.25) is 0 Å². The Balaban J connectivity index is 1.50. The van der Waals surface area contributed by atoms with Gasteiger partial charge in [0.25, 0.3) is 6.10 Å². The van der Waals surface area contributed by atoms with E-state index in [4.69, 9.17) is 4.74 Å². The standard InChI is InChI=1S/C19H22F6N2O3/c1-29-14-5-3-2-4-13(14)10-26-11-17(12-26)6-8-27(9-7-17)16(28)30-15(18(20,21)22)19(23,24)25/h2-5,15H,6-12H2,1H3. The number of carbonyl (C=O) groups excluding carboxylic acids is 1. The summed E-state index contributed by atoms with van der Waals surface area (Å²) in [5, 5.41) is 0. The van der Waals surface area contributed by atoms with Crippen LogP contribution < -0.4 is 4.74 Å². The summed E-state index contributed by atoms with van der Waals surface area (Å²) in [7, 11) is 1.59. The molecule has 1 aromatic rings. The Morgan fingerprint density at radius 1 is 1.07 bits per heavy atom. The Morgan fingerprint density at radius 3 is 2.17 bits per heavy atom. The zero-order valence-electron chi connectivity index (χ0n) is 16.2. The maximum absolute atomic E-state index is 12.6. The number of methoxy groups -OCH3 is 1. The molecule has 3 rings (SSSR count). The predicted octanol–water partition coefficient (Wildman–Crippen LogP) is 4.22. The molecule has 2 heterocycles. The first kappa shape index (κ1) is 22.5. The number of benzene rings is 1. The average molecular weight is 440 g/mol. The van der Waals surface area contributed by atoms with E-state index >= 15 is 0 Å². The van der Waals surface area contributed by atoms with Crippen LogP contribution in [0.4, 0.5) is 31.1 Å². The zero-order chi connectivity index (χ0) is 22.2. The zero-order valence-corrected chi connectivity index (χ0v) is 16.2. The Hall–Kier alpha value is -2.17. The lowest BCUT2D eigenvalue weighted by molar-refractivity contribution is -0.308. The first-order chi connectivity index (χ1) is 13.9. The van der Waals surface area contributed by atoms with E-state index in [0.717, 1.165) is 29.3 Å². The van der Waals surface area contributed by atoms with E-state index in [2.05, 4.69) is 9.64 Å². The SMILES string of the molecule is COc1ccccc1CN1CC2(CCN(C(=O)OC(C(F)(F)F)C(F)(F)F)CC2)C1. The number of ether oxygens (including phenoxy) is 2. The lowest BCUT2D eigenvalue weighted by Gasteiger charge is -2.54. The predicted molar refractivity (Wildman–Crippen MR) is 93.9 cm³/mol. The number of halogens is 6. The fourth-order valence-electron chi connectivity index (χ4n) is 4.06. The van der Waals surface area contributed by atoms with Gasteiger partial charge in [-0.25, -0.2) is 4.79 Å². The van der Waals surface area contributed by atoms with E-state index in [-0.39, 0.29) is 18.5 Å². The number of piperidine rings is 1. The van der Waals surface area contributed by atoms with Crippen LogP contribution in [0, 0.1) is 5.41 Å². The summed E-state index contributed by atoms with van der Waals surface area (Å²) in [6.07, 6.45) is -16.1. The van der Waals surface area contributed by atoms with Crippen LogP contribution in [0.1, 0.15) is 18.4 Å². The number of amides is 1. The van der Waals surface area contributed by atoms with Crippen molar-refractivity contribution in [1.29, 1.82) is 0 Å². The molecule has 5 nitrogen and oxygen atoms in total. The quantitative estimate of drug-likeness (QED) is 0.658. The molecular weight excluding hydrogens is 418 g/mol. The van der Waals surface area contributed by atoms with Gasteiger partial charge in [-0.05, 0) is 24.3 Å². The van der Waals surface area contributed by atoms with Gasteiger partial charge in [0.05, 0.1) is 7.11 Å². The van der Waals surface area contributed by atoms with Gasteiger partial charge in [0.15, 0.2) is 0 Å². The molecule has 1 aromatic carbocycles. The summed E-state index contributed by atoms with van der Waals surface area (Å²) in [5.41, 5.74) is 0.938. The largest absolute Gasteiger partial charge is 0.496 e. The van der Waals surface area contributed by atoms with Gasteiger partial charge in [0.1, 0.15) is 5.75 Å². The van der Waals surface area contributed by atoms with E-state index in [1.165, 1.54) is 0 Å². The molecule has 2 saturated heterocycles. The monoisotopic (exact) mass is 440 g/mol. The summed E-state index contributed by atoms with van der Waals surface area (Å²) in [6.45, 7) is 2.27. The molecule has 0 aromatic heterocycles. The maximum atomic E-state index is 12.6. The molecule has 0 radical (unpaired) electrons. The average Bonchev–Trinajstić information content (AvgIpc) is 2.63. The fourth-order valence-corrected chi connectivity index (χ4v) is 4.06. The first-order valence-corrected chi connectivity index (χ1v) is 9.37. The van der Waals surface area contributed by atoms with Gasteiger partial charge in [-0.3, -0.25) is 4.90 Å². The second-order valence-corrected chi connectivity index (χ2v) is 7.79. The highest BCUT2D eigenvalue weighted by Crippen LogP contribution is 2.42. The summed E-state index contributed by atoms with van der Waals surface area (Å²) in [4.78, 5) is 15.0. The minimum absolute atomic E-state index is 0.0593. The van der Waals surface area contributed by atoms with E-state index in [9.17, 15) is 31.1 Å².